The Hall–Kier alpha value is -3.43. The summed E-state index contributed by atoms with van der Waals surface area (Å²) < 4.78 is 56.0. The molecule has 1 N–H and O–H groups in total. The Kier molecular flexibility index (Phi) is 5.75. The van der Waals surface area contributed by atoms with Crippen LogP contribution in [0.25, 0.3) is 0 Å². The second-order valence-electron chi connectivity index (χ2n) is 7.22. The number of benzene rings is 2. The van der Waals surface area contributed by atoms with Crippen LogP contribution < -0.4 is 15.1 Å². The van der Waals surface area contributed by atoms with Crippen LogP contribution in [0.15, 0.2) is 53.6 Å². The first-order valence-electron chi connectivity index (χ1n) is 9.18. The highest BCUT2D eigenvalue weighted by atomic mass is 19.3. The van der Waals surface area contributed by atoms with E-state index in [2.05, 4.69) is 15.2 Å². The number of nitrogens with zero attached hydrogens (tertiary/aromatic N) is 2. The first kappa shape index (κ1) is 22.3. The Morgan fingerprint density at radius 3 is 2.42 bits per heavy atom. The highest BCUT2D eigenvalue weighted by molar-refractivity contribution is 6.32. The molecule has 0 saturated heterocycles. The van der Waals surface area contributed by atoms with Crippen LogP contribution in [0.4, 0.5) is 28.9 Å². The molecule has 2 aromatic carbocycles. The van der Waals surface area contributed by atoms with Gasteiger partial charge in [-0.1, -0.05) is 12.1 Å². The van der Waals surface area contributed by atoms with Crippen molar-refractivity contribution in [3.8, 4) is 5.75 Å². The Balaban J connectivity index is 1.81. The lowest BCUT2D eigenvalue weighted by molar-refractivity contribution is -0.132. The smallest absolute Gasteiger partial charge is 0.387 e. The first-order chi connectivity index (χ1) is 14.4. The molecule has 0 spiro atoms. The summed E-state index contributed by atoms with van der Waals surface area (Å²) in [6.07, 6.45) is 0. The number of halogens is 4. The van der Waals surface area contributed by atoms with E-state index in [1.165, 1.54) is 56.3 Å². The lowest BCUT2D eigenvalue weighted by Gasteiger charge is -2.23. The number of hydrogen-bond acceptors (Lipinski definition) is 4. The van der Waals surface area contributed by atoms with Gasteiger partial charge in [0.2, 0.25) is 5.91 Å². The van der Waals surface area contributed by atoms with Crippen LogP contribution in [-0.2, 0) is 15.5 Å². The molecule has 0 radical (unpaired) electrons. The van der Waals surface area contributed by atoms with Gasteiger partial charge in [0, 0.05) is 18.2 Å². The highest BCUT2D eigenvalue weighted by Gasteiger charge is 2.51. The molecule has 6 nitrogen and oxygen atoms in total. The van der Waals surface area contributed by atoms with E-state index in [1.807, 2.05) is 0 Å². The maximum atomic E-state index is 13.6. The van der Waals surface area contributed by atoms with E-state index in [0.29, 0.717) is 0 Å². The number of rotatable bonds is 6. The summed E-state index contributed by atoms with van der Waals surface area (Å²) in [7, 11) is 0. The lowest BCUT2D eigenvalue weighted by atomic mass is 9.84. The Morgan fingerprint density at radius 2 is 1.84 bits per heavy atom. The normalized spacial score (nSPS) is 18.9. The molecule has 3 rings (SSSR count). The van der Waals surface area contributed by atoms with Crippen molar-refractivity contribution in [1.82, 2.24) is 0 Å². The number of anilines is 2. The van der Waals surface area contributed by atoms with Gasteiger partial charge in [-0.15, -0.1) is 0 Å². The average Bonchev–Trinajstić information content (AvgIpc) is 2.93. The summed E-state index contributed by atoms with van der Waals surface area (Å²) >= 11 is 0. The fourth-order valence-corrected chi connectivity index (χ4v) is 2.99. The minimum Gasteiger partial charge on any atom is -0.435 e. The zero-order valence-electron chi connectivity index (χ0n) is 16.8. The van der Waals surface area contributed by atoms with Crippen LogP contribution in [-0.4, -0.2) is 24.1 Å². The second-order valence-corrected chi connectivity index (χ2v) is 7.22. The van der Waals surface area contributed by atoms with Gasteiger partial charge >= 0.3 is 6.61 Å². The van der Waals surface area contributed by atoms with Crippen molar-refractivity contribution in [2.75, 3.05) is 10.3 Å². The van der Waals surface area contributed by atoms with E-state index in [4.69, 9.17) is 0 Å². The predicted molar refractivity (Wildman–Crippen MR) is 106 cm³/mol. The summed E-state index contributed by atoms with van der Waals surface area (Å²) in [5.74, 6) is -4.61. The lowest BCUT2D eigenvalue weighted by Crippen LogP contribution is -2.46. The molecule has 0 fully saturated rings. The van der Waals surface area contributed by atoms with E-state index in [1.54, 1.807) is 0 Å². The molecule has 2 aromatic rings. The van der Waals surface area contributed by atoms with Crippen LogP contribution in [0.1, 0.15) is 26.3 Å². The van der Waals surface area contributed by atoms with Crippen molar-refractivity contribution in [1.29, 1.82) is 0 Å². The first-order valence-corrected chi connectivity index (χ1v) is 9.18. The number of carbonyl (C=O) groups excluding carboxylic acids is 2. The van der Waals surface area contributed by atoms with Gasteiger partial charge in [0.1, 0.15) is 5.75 Å². The average molecular weight is 437 g/mol. The molecular formula is C21H19F4N3O3. The summed E-state index contributed by atoms with van der Waals surface area (Å²) in [6.45, 7) is 0.609. The number of hydrazone groups is 1. The topological polar surface area (TPSA) is 71.0 Å². The van der Waals surface area contributed by atoms with Gasteiger partial charge in [-0.25, -0.2) is 8.78 Å². The SMILES string of the molecule is CC1=NN(c2ccc(OC(F)F)cc2)C(=O)[C@@]1(C)C(=O)Nc1cccc(C(C)(F)F)c1. The molecule has 31 heavy (non-hydrogen) atoms. The maximum absolute atomic E-state index is 13.6. The van der Waals surface area contributed by atoms with Crippen molar-refractivity contribution < 1.29 is 31.9 Å². The summed E-state index contributed by atoms with van der Waals surface area (Å²) in [5.41, 5.74) is -1.44. The van der Waals surface area contributed by atoms with E-state index < -0.39 is 29.8 Å². The molecule has 0 aromatic heterocycles. The molecular weight excluding hydrogens is 418 g/mol. The third-order valence-corrected chi connectivity index (χ3v) is 4.98. The summed E-state index contributed by atoms with van der Waals surface area (Å²) in [5, 5.41) is 7.61. The fraction of sp³-hybridized carbons (Fsp3) is 0.286. The maximum Gasteiger partial charge on any atom is 0.387 e. The monoisotopic (exact) mass is 437 g/mol. The van der Waals surface area contributed by atoms with Gasteiger partial charge in [0.25, 0.3) is 11.8 Å². The van der Waals surface area contributed by atoms with Gasteiger partial charge in [0.05, 0.1) is 11.4 Å². The van der Waals surface area contributed by atoms with Gasteiger partial charge in [-0.05, 0) is 50.2 Å². The Morgan fingerprint density at radius 1 is 1.19 bits per heavy atom. The molecule has 1 heterocycles. The summed E-state index contributed by atoms with van der Waals surface area (Å²) in [4.78, 5) is 26.0. The standard InChI is InChI=1S/C21H19F4N3O3/c1-12-20(2,17(29)26-14-6-4-5-13(11-14)21(3,24)25)18(30)28(27-12)15-7-9-16(10-8-15)31-19(22)23/h4-11,19H,1-3H3,(H,26,29)/t20-/m1/s1. The molecule has 1 aliphatic rings. The number of nitrogens with one attached hydrogen (secondary N) is 1. The number of hydrogen-bond donors (Lipinski definition) is 1. The molecule has 0 aliphatic carbocycles. The van der Waals surface area contributed by atoms with Crippen LogP contribution in [0, 0.1) is 5.41 Å². The molecule has 2 amide bonds. The fourth-order valence-electron chi connectivity index (χ4n) is 2.99. The molecule has 1 atom stereocenters. The molecule has 164 valence electrons. The van der Waals surface area contributed by atoms with E-state index in [0.717, 1.165) is 18.0 Å². The molecule has 0 bridgehead atoms. The number of carbonyl (C=O) groups is 2. The van der Waals surface area contributed by atoms with Crippen molar-refractivity contribution in [3.05, 3.63) is 54.1 Å². The number of alkyl halides is 4. The van der Waals surface area contributed by atoms with Crippen LogP contribution in [0.3, 0.4) is 0 Å². The number of ether oxygens (including phenoxy) is 1. The minimum atomic E-state index is -3.10. The van der Waals surface area contributed by atoms with Gasteiger partial charge in [0.15, 0.2) is 5.41 Å². The molecule has 10 heteroatoms. The predicted octanol–water partition coefficient (Wildman–Crippen LogP) is 4.77. The zero-order valence-corrected chi connectivity index (χ0v) is 16.8. The zero-order chi connectivity index (χ0) is 23.0. The van der Waals surface area contributed by atoms with E-state index in [-0.39, 0.29) is 28.4 Å². The summed E-state index contributed by atoms with van der Waals surface area (Å²) in [6, 6.07) is 10.4. The van der Waals surface area contributed by atoms with Crippen molar-refractivity contribution in [2.45, 2.75) is 33.3 Å². The third kappa shape index (κ3) is 4.37. The van der Waals surface area contributed by atoms with Gasteiger partial charge < -0.3 is 10.1 Å². The highest BCUT2D eigenvalue weighted by Crippen LogP contribution is 2.35. The Bertz CT molecular complexity index is 1030. The third-order valence-electron chi connectivity index (χ3n) is 4.98. The van der Waals surface area contributed by atoms with Crippen molar-refractivity contribution in [2.24, 2.45) is 10.5 Å². The van der Waals surface area contributed by atoms with Crippen LogP contribution in [0.2, 0.25) is 0 Å². The van der Waals surface area contributed by atoms with Crippen molar-refractivity contribution in [3.63, 3.8) is 0 Å². The number of amides is 2. The van der Waals surface area contributed by atoms with Gasteiger partial charge in [-0.2, -0.15) is 18.9 Å². The van der Waals surface area contributed by atoms with Crippen LogP contribution in [0.5, 0.6) is 5.75 Å². The molecule has 0 unspecified atom stereocenters. The van der Waals surface area contributed by atoms with Crippen LogP contribution >= 0.6 is 0 Å². The molecule has 1 aliphatic heterocycles. The second kappa shape index (κ2) is 8.01. The van der Waals surface area contributed by atoms with Crippen molar-refractivity contribution >= 4 is 28.9 Å². The quantitative estimate of drug-likeness (QED) is 0.523. The molecule has 0 saturated carbocycles. The van der Waals surface area contributed by atoms with E-state index >= 15 is 0 Å². The minimum absolute atomic E-state index is 0.0980. The van der Waals surface area contributed by atoms with Gasteiger partial charge in [-0.3, -0.25) is 9.59 Å². The van der Waals surface area contributed by atoms with E-state index in [9.17, 15) is 27.2 Å². The largest absolute Gasteiger partial charge is 0.435 e. The Labute approximate surface area is 175 Å².